The van der Waals surface area contributed by atoms with Crippen LogP contribution in [0.4, 0.5) is 19.0 Å². The standard InChI is InChI=1S/C23H31N7O2.C2HF3O2/c1-16(2)30-15-26-21-20(30)13-18(27-22(21)28(3)11-12-32-4)17-5-9-29(10-6-17)23(31)19-14-24-7-8-25-19;3-2(4,5)1(6)7/h7-8,13-17H,5-6,9-12H2,1-4H3;(H,6,7). The lowest BCUT2D eigenvalue weighted by Gasteiger charge is -2.32. The van der Waals surface area contributed by atoms with Crippen molar-refractivity contribution in [2.75, 3.05) is 45.3 Å². The third-order valence-corrected chi connectivity index (χ3v) is 6.34. The summed E-state index contributed by atoms with van der Waals surface area (Å²) in [6.07, 6.45) is 3.20. The second kappa shape index (κ2) is 12.8. The van der Waals surface area contributed by atoms with Gasteiger partial charge < -0.3 is 24.2 Å². The number of likely N-dealkylation sites (tertiary alicyclic amines) is 1. The topological polar surface area (TPSA) is 127 Å². The zero-order valence-electron chi connectivity index (χ0n) is 22.2. The number of pyridine rings is 1. The minimum atomic E-state index is -5.08. The molecule has 3 aromatic heterocycles. The average molecular weight is 552 g/mol. The van der Waals surface area contributed by atoms with Gasteiger partial charge in [0.1, 0.15) is 11.2 Å². The molecule has 0 saturated carbocycles. The molecule has 39 heavy (non-hydrogen) atoms. The van der Waals surface area contributed by atoms with Crippen LogP contribution in [0.15, 0.2) is 31.0 Å². The Labute approximate surface area is 223 Å². The number of nitrogens with zero attached hydrogens (tertiary/aromatic N) is 7. The van der Waals surface area contributed by atoms with Crippen molar-refractivity contribution in [3.63, 3.8) is 0 Å². The van der Waals surface area contributed by atoms with Crippen molar-refractivity contribution < 1.29 is 32.6 Å². The number of likely N-dealkylation sites (N-methyl/N-ethyl adjacent to an activating group) is 1. The molecular formula is C25H32F3N7O4. The highest BCUT2D eigenvalue weighted by Gasteiger charge is 2.38. The van der Waals surface area contributed by atoms with Gasteiger partial charge in [0.15, 0.2) is 5.82 Å². The summed E-state index contributed by atoms with van der Waals surface area (Å²) in [4.78, 5) is 43.5. The second-order valence-electron chi connectivity index (χ2n) is 9.36. The minimum absolute atomic E-state index is 0.0576. The summed E-state index contributed by atoms with van der Waals surface area (Å²) in [5.41, 5.74) is 3.47. The van der Waals surface area contributed by atoms with Crippen molar-refractivity contribution in [3.8, 4) is 0 Å². The number of methoxy groups -OCH3 is 1. The number of ether oxygens (including phenoxy) is 1. The van der Waals surface area contributed by atoms with Gasteiger partial charge in [0.05, 0.1) is 24.6 Å². The largest absolute Gasteiger partial charge is 0.490 e. The van der Waals surface area contributed by atoms with Crippen molar-refractivity contribution >= 4 is 28.7 Å². The number of fused-ring (bicyclic) bond motifs is 1. The lowest BCUT2D eigenvalue weighted by Crippen LogP contribution is -2.38. The first-order valence-corrected chi connectivity index (χ1v) is 12.4. The van der Waals surface area contributed by atoms with Crippen molar-refractivity contribution in [3.05, 3.63) is 42.4 Å². The Morgan fingerprint density at radius 3 is 2.41 bits per heavy atom. The first-order chi connectivity index (χ1) is 18.4. The maximum Gasteiger partial charge on any atom is 0.490 e. The number of hydrogen-bond donors (Lipinski definition) is 1. The van der Waals surface area contributed by atoms with Crippen molar-refractivity contribution in [2.45, 2.75) is 44.8 Å². The van der Waals surface area contributed by atoms with E-state index in [2.05, 4.69) is 44.3 Å². The number of halogens is 3. The predicted molar refractivity (Wildman–Crippen MR) is 137 cm³/mol. The third kappa shape index (κ3) is 7.40. The van der Waals surface area contributed by atoms with Crippen LogP contribution in [0, 0.1) is 0 Å². The molecule has 0 atom stereocenters. The van der Waals surface area contributed by atoms with E-state index >= 15 is 0 Å². The Bertz CT molecular complexity index is 1260. The number of aliphatic carboxylic acids is 1. The van der Waals surface area contributed by atoms with Crippen LogP contribution in [-0.2, 0) is 9.53 Å². The third-order valence-electron chi connectivity index (χ3n) is 6.34. The number of amides is 1. The summed E-state index contributed by atoms with van der Waals surface area (Å²) >= 11 is 0. The molecule has 14 heteroatoms. The Morgan fingerprint density at radius 1 is 1.21 bits per heavy atom. The molecule has 4 heterocycles. The molecule has 212 valence electrons. The second-order valence-corrected chi connectivity index (χ2v) is 9.36. The van der Waals surface area contributed by atoms with Crippen LogP contribution in [0.2, 0.25) is 0 Å². The van der Waals surface area contributed by atoms with Gasteiger partial charge >= 0.3 is 12.1 Å². The number of carboxylic acids is 1. The number of carbonyl (C=O) groups excluding carboxylic acids is 1. The summed E-state index contributed by atoms with van der Waals surface area (Å²) in [7, 11) is 3.73. The normalized spacial score (nSPS) is 14.3. The lowest BCUT2D eigenvalue weighted by molar-refractivity contribution is -0.192. The van der Waals surface area contributed by atoms with Gasteiger partial charge in [-0.3, -0.25) is 9.78 Å². The van der Waals surface area contributed by atoms with Gasteiger partial charge in [-0.2, -0.15) is 13.2 Å². The van der Waals surface area contributed by atoms with Crippen LogP contribution < -0.4 is 4.90 Å². The number of carboxylic acid groups (broad SMARTS) is 1. The summed E-state index contributed by atoms with van der Waals surface area (Å²) in [6, 6.07) is 2.49. The van der Waals surface area contributed by atoms with Crippen LogP contribution in [0.25, 0.3) is 11.0 Å². The highest BCUT2D eigenvalue weighted by atomic mass is 19.4. The molecule has 1 N–H and O–H groups in total. The van der Waals surface area contributed by atoms with E-state index in [9.17, 15) is 18.0 Å². The van der Waals surface area contributed by atoms with Crippen LogP contribution in [-0.4, -0.2) is 93.0 Å². The quantitative estimate of drug-likeness (QED) is 0.469. The van der Waals surface area contributed by atoms with Gasteiger partial charge in [0.2, 0.25) is 0 Å². The van der Waals surface area contributed by atoms with Crippen LogP contribution >= 0.6 is 0 Å². The highest BCUT2D eigenvalue weighted by molar-refractivity contribution is 5.92. The molecule has 0 spiro atoms. The van der Waals surface area contributed by atoms with E-state index in [0.717, 1.165) is 41.9 Å². The number of alkyl halides is 3. The van der Waals surface area contributed by atoms with E-state index in [-0.39, 0.29) is 11.8 Å². The van der Waals surface area contributed by atoms with Crippen LogP contribution in [0.5, 0.6) is 0 Å². The summed E-state index contributed by atoms with van der Waals surface area (Å²) < 4.78 is 39.2. The predicted octanol–water partition coefficient (Wildman–Crippen LogP) is 3.54. The molecule has 1 aliphatic heterocycles. The average Bonchev–Trinajstić information content (AvgIpc) is 3.35. The van der Waals surface area contributed by atoms with Crippen molar-refractivity contribution in [1.29, 1.82) is 0 Å². The molecule has 1 fully saturated rings. The fourth-order valence-corrected chi connectivity index (χ4v) is 4.20. The molecule has 0 aliphatic carbocycles. The van der Waals surface area contributed by atoms with Crippen molar-refractivity contribution in [1.82, 2.24) is 29.4 Å². The SMILES string of the molecule is COCCN(C)c1nc(C2CCN(C(=O)c3cnccn3)CC2)cc2c1ncn2C(C)C.O=C(O)C(F)(F)F. The first kappa shape index (κ1) is 29.7. The molecule has 0 bridgehead atoms. The molecule has 0 unspecified atom stereocenters. The smallest absolute Gasteiger partial charge is 0.475 e. The molecule has 11 nitrogen and oxygen atoms in total. The molecule has 1 saturated heterocycles. The molecule has 1 aliphatic rings. The highest BCUT2D eigenvalue weighted by Crippen LogP contribution is 2.33. The van der Waals surface area contributed by atoms with Gasteiger partial charge in [-0.15, -0.1) is 0 Å². The molecule has 0 aromatic carbocycles. The zero-order chi connectivity index (χ0) is 28.7. The molecule has 4 rings (SSSR count). The van der Waals surface area contributed by atoms with Gasteiger partial charge in [-0.1, -0.05) is 0 Å². The molecular weight excluding hydrogens is 519 g/mol. The number of aromatic nitrogens is 5. The monoisotopic (exact) mass is 551 g/mol. The van der Waals surface area contributed by atoms with Gasteiger partial charge in [0.25, 0.3) is 5.91 Å². The van der Waals surface area contributed by atoms with Gasteiger partial charge in [-0.05, 0) is 32.8 Å². The maximum absolute atomic E-state index is 12.7. The Hall–Kier alpha value is -3.81. The minimum Gasteiger partial charge on any atom is -0.475 e. The maximum atomic E-state index is 12.7. The van der Waals surface area contributed by atoms with E-state index in [1.54, 1.807) is 19.5 Å². The number of rotatable bonds is 7. The van der Waals surface area contributed by atoms with E-state index in [0.29, 0.717) is 31.4 Å². The van der Waals surface area contributed by atoms with Crippen LogP contribution in [0.1, 0.15) is 54.8 Å². The Balaban J connectivity index is 0.000000532. The lowest BCUT2D eigenvalue weighted by atomic mass is 9.92. The fraction of sp³-hybridized carbons (Fsp3) is 0.520. The number of imidazole rings is 1. The summed E-state index contributed by atoms with van der Waals surface area (Å²) in [5.74, 6) is -1.65. The Kier molecular flexibility index (Phi) is 9.78. The van der Waals surface area contributed by atoms with E-state index in [1.165, 1.54) is 6.20 Å². The van der Waals surface area contributed by atoms with E-state index < -0.39 is 12.1 Å². The molecule has 3 aromatic rings. The van der Waals surface area contributed by atoms with E-state index in [4.69, 9.17) is 19.6 Å². The van der Waals surface area contributed by atoms with E-state index in [1.807, 2.05) is 18.3 Å². The number of carbonyl (C=O) groups is 2. The Morgan fingerprint density at radius 2 is 1.87 bits per heavy atom. The number of anilines is 1. The first-order valence-electron chi connectivity index (χ1n) is 12.4. The number of piperidine rings is 1. The van der Waals surface area contributed by atoms with Gasteiger partial charge in [0, 0.05) is 63.8 Å². The van der Waals surface area contributed by atoms with Crippen molar-refractivity contribution in [2.24, 2.45) is 0 Å². The molecule has 0 radical (unpaired) electrons. The van der Waals surface area contributed by atoms with Gasteiger partial charge in [-0.25, -0.2) is 19.7 Å². The fourth-order valence-electron chi connectivity index (χ4n) is 4.20. The number of hydrogen-bond acceptors (Lipinski definition) is 8. The molecule has 1 amide bonds. The summed E-state index contributed by atoms with van der Waals surface area (Å²) in [5, 5.41) is 7.12. The summed E-state index contributed by atoms with van der Waals surface area (Å²) in [6.45, 7) is 7.04. The van der Waals surface area contributed by atoms with Crippen LogP contribution in [0.3, 0.4) is 0 Å². The zero-order valence-corrected chi connectivity index (χ0v) is 22.2.